The first-order valence-corrected chi connectivity index (χ1v) is 9.87. The average molecular weight is 371 g/mol. The Bertz CT molecular complexity index is 1400. The third kappa shape index (κ3) is 3.39. The third-order valence-corrected chi connectivity index (χ3v) is 5.33. The van der Waals surface area contributed by atoms with Gasteiger partial charge in [-0.05, 0) is 67.4 Å². The molecule has 0 amide bonds. The molecule has 0 saturated heterocycles. The highest BCUT2D eigenvalue weighted by atomic mass is 14.8. The monoisotopic (exact) mass is 371 g/mol. The predicted molar refractivity (Wildman–Crippen MR) is 127 cm³/mol. The molecule has 1 heterocycles. The van der Waals surface area contributed by atoms with Gasteiger partial charge in [0.1, 0.15) is 0 Å². The van der Waals surface area contributed by atoms with Crippen LogP contribution in [0.15, 0.2) is 122 Å². The van der Waals surface area contributed by atoms with Gasteiger partial charge in [0.05, 0.1) is 0 Å². The van der Waals surface area contributed by atoms with Gasteiger partial charge in [0.2, 0.25) is 0 Å². The van der Waals surface area contributed by atoms with Gasteiger partial charge in [0.25, 0.3) is 0 Å². The zero-order valence-electron chi connectivity index (χ0n) is 16.0. The molecular formula is C28H21N. The van der Waals surface area contributed by atoms with E-state index >= 15 is 0 Å². The van der Waals surface area contributed by atoms with Crippen LogP contribution in [0.1, 0.15) is 0 Å². The molecule has 0 aliphatic carbocycles. The molecule has 1 aliphatic rings. The van der Waals surface area contributed by atoms with Crippen LogP contribution in [0.3, 0.4) is 0 Å². The second-order valence-electron chi connectivity index (χ2n) is 7.14. The first-order chi connectivity index (χ1) is 14.4. The Labute approximate surface area is 170 Å². The Hall–Kier alpha value is -3.84. The number of hydrogen-bond donors (Lipinski definition) is 1. The molecule has 5 aromatic rings. The van der Waals surface area contributed by atoms with Crippen molar-refractivity contribution in [1.29, 1.82) is 0 Å². The molecule has 5 aromatic carbocycles. The van der Waals surface area contributed by atoms with E-state index in [2.05, 4.69) is 90.2 Å². The van der Waals surface area contributed by atoms with Gasteiger partial charge in [-0.25, -0.2) is 0 Å². The topological polar surface area (TPSA) is 12.0 Å². The van der Waals surface area contributed by atoms with Crippen molar-refractivity contribution < 1.29 is 0 Å². The summed E-state index contributed by atoms with van der Waals surface area (Å²) in [6.45, 7) is 0. The van der Waals surface area contributed by atoms with Crippen LogP contribution in [0.4, 0.5) is 0 Å². The molecule has 138 valence electrons. The van der Waals surface area contributed by atoms with Crippen molar-refractivity contribution in [1.82, 2.24) is 5.32 Å². The Morgan fingerprint density at radius 2 is 0.966 bits per heavy atom. The Morgan fingerprint density at radius 1 is 0.379 bits per heavy atom. The number of allylic oxidation sites excluding steroid dienone is 4. The van der Waals surface area contributed by atoms with E-state index in [1.165, 1.54) is 43.1 Å². The number of hydrogen-bond acceptors (Lipinski definition) is 1. The van der Waals surface area contributed by atoms with Crippen LogP contribution in [-0.4, -0.2) is 0 Å². The Morgan fingerprint density at radius 3 is 1.72 bits per heavy atom. The van der Waals surface area contributed by atoms with Crippen molar-refractivity contribution in [2.45, 2.75) is 0 Å². The van der Waals surface area contributed by atoms with Crippen molar-refractivity contribution in [2.75, 3.05) is 0 Å². The summed E-state index contributed by atoms with van der Waals surface area (Å²) < 4.78 is 0. The molecule has 0 aromatic heterocycles. The van der Waals surface area contributed by atoms with Crippen LogP contribution < -0.4 is 5.32 Å². The normalized spacial score (nSPS) is 12.7. The van der Waals surface area contributed by atoms with Gasteiger partial charge in [0.15, 0.2) is 0 Å². The van der Waals surface area contributed by atoms with Gasteiger partial charge in [-0.15, -0.1) is 0 Å². The van der Waals surface area contributed by atoms with Gasteiger partial charge in [-0.1, -0.05) is 84.9 Å². The lowest BCUT2D eigenvalue weighted by Crippen LogP contribution is -1.87. The summed E-state index contributed by atoms with van der Waals surface area (Å²) in [7, 11) is 0. The third-order valence-electron chi connectivity index (χ3n) is 5.33. The second-order valence-corrected chi connectivity index (χ2v) is 7.14. The molecule has 0 bridgehead atoms. The first-order valence-electron chi connectivity index (χ1n) is 9.87. The van der Waals surface area contributed by atoms with Crippen LogP contribution in [0, 0.1) is 0 Å². The van der Waals surface area contributed by atoms with Gasteiger partial charge >= 0.3 is 0 Å². The summed E-state index contributed by atoms with van der Waals surface area (Å²) >= 11 is 0. The van der Waals surface area contributed by atoms with Crippen molar-refractivity contribution in [3.05, 3.63) is 122 Å². The van der Waals surface area contributed by atoms with Crippen molar-refractivity contribution >= 4 is 43.1 Å². The lowest BCUT2D eigenvalue weighted by atomic mass is 9.95. The van der Waals surface area contributed by atoms with Crippen molar-refractivity contribution in [3.63, 3.8) is 0 Å². The van der Waals surface area contributed by atoms with E-state index in [1.807, 2.05) is 36.7 Å². The highest BCUT2D eigenvalue weighted by Gasteiger charge is 2.05. The largest absolute Gasteiger partial charge is 0.368 e. The quantitative estimate of drug-likeness (QED) is 0.220. The van der Waals surface area contributed by atoms with Crippen LogP contribution in [0.5, 0.6) is 0 Å². The molecule has 0 saturated carbocycles. The average Bonchev–Trinajstić information content (AvgIpc) is 3.11. The Balaban J connectivity index is 0.000000222. The number of rotatable bonds is 0. The minimum absolute atomic E-state index is 1.30. The summed E-state index contributed by atoms with van der Waals surface area (Å²) in [6, 6.07) is 30.8. The molecule has 1 heteroatoms. The van der Waals surface area contributed by atoms with Crippen LogP contribution in [0.25, 0.3) is 43.1 Å². The molecule has 0 spiro atoms. The summed E-state index contributed by atoms with van der Waals surface area (Å²) in [5, 5.41) is 13.5. The highest BCUT2D eigenvalue weighted by Crippen LogP contribution is 2.33. The number of fused-ring (bicyclic) bond motifs is 6. The summed E-state index contributed by atoms with van der Waals surface area (Å²) in [5.74, 6) is 0. The van der Waals surface area contributed by atoms with E-state index in [4.69, 9.17) is 0 Å². The first kappa shape index (κ1) is 17.3. The molecule has 1 nitrogen and oxygen atoms in total. The van der Waals surface area contributed by atoms with E-state index in [9.17, 15) is 0 Å². The molecule has 6 rings (SSSR count). The minimum Gasteiger partial charge on any atom is -0.368 e. The summed E-state index contributed by atoms with van der Waals surface area (Å²) in [4.78, 5) is 0. The van der Waals surface area contributed by atoms with Crippen LogP contribution in [0.2, 0.25) is 0 Å². The fourth-order valence-corrected chi connectivity index (χ4v) is 3.92. The molecule has 0 radical (unpaired) electrons. The van der Waals surface area contributed by atoms with Crippen LogP contribution in [-0.2, 0) is 0 Å². The van der Waals surface area contributed by atoms with E-state index < -0.39 is 0 Å². The van der Waals surface area contributed by atoms with Gasteiger partial charge in [0, 0.05) is 12.4 Å². The molecule has 1 aliphatic heterocycles. The minimum atomic E-state index is 1.30. The van der Waals surface area contributed by atoms with E-state index in [-0.39, 0.29) is 0 Å². The maximum absolute atomic E-state index is 2.92. The molecule has 0 unspecified atom stereocenters. The second kappa shape index (κ2) is 7.65. The van der Waals surface area contributed by atoms with Crippen molar-refractivity contribution in [2.24, 2.45) is 0 Å². The predicted octanol–water partition coefficient (Wildman–Crippen LogP) is 7.47. The van der Waals surface area contributed by atoms with E-state index in [1.54, 1.807) is 0 Å². The molecule has 29 heavy (non-hydrogen) atoms. The maximum Gasteiger partial charge on any atom is 0.000442 e. The smallest absolute Gasteiger partial charge is 0.000442 e. The summed E-state index contributed by atoms with van der Waals surface area (Å²) in [5.41, 5.74) is 0. The fraction of sp³-hybridized carbons (Fsp3) is 0. The van der Waals surface area contributed by atoms with Crippen molar-refractivity contribution in [3.8, 4) is 0 Å². The number of benzene rings is 5. The fourth-order valence-electron chi connectivity index (χ4n) is 3.92. The van der Waals surface area contributed by atoms with Gasteiger partial charge < -0.3 is 5.32 Å². The zero-order valence-corrected chi connectivity index (χ0v) is 16.0. The lowest BCUT2D eigenvalue weighted by molar-refractivity contribution is 1.20. The highest BCUT2D eigenvalue weighted by molar-refractivity contribution is 6.19. The lowest BCUT2D eigenvalue weighted by Gasteiger charge is -2.09. The van der Waals surface area contributed by atoms with Crippen LogP contribution >= 0.6 is 0 Å². The zero-order chi connectivity index (χ0) is 19.5. The summed E-state index contributed by atoms with van der Waals surface area (Å²) in [6.07, 6.45) is 11.6. The SMILES string of the molecule is C1=CC=CNC=C1.c1ccc2cc3c(ccc4c5ccccc5ccc34)cc2c1. The molecular weight excluding hydrogens is 350 g/mol. The van der Waals surface area contributed by atoms with Gasteiger partial charge in [-0.3, -0.25) is 0 Å². The number of nitrogens with one attached hydrogen (secondary N) is 1. The van der Waals surface area contributed by atoms with E-state index in [0.29, 0.717) is 0 Å². The van der Waals surface area contributed by atoms with Gasteiger partial charge in [-0.2, -0.15) is 0 Å². The molecule has 1 N–H and O–H groups in total. The Kier molecular flexibility index (Phi) is 4.56. The molecule has 0 fully saturated rings. The van der Waals surface area contributed by atoms with E-state index in [0.717, 1.165) is 0 Å². The molecule has 0 atom stereocenters. The standard InChI is InChI=1S/C22H14.C6H7N/c1-2-7-17-14-22-18(13-16(17)6-1)10-12-20-19-8-4-3-5-15(19)9-11-21(20)22;1-2-4-6-7-5-3-1/h1-14H;1-7H. The maximum atomic E-state index is 2.92.